The number of hydrogen-bond donors (Lipinski definition) is 1. The van der Waals surface area contributed by atoms with Crippen molar-refractivity contribution in [2.24, 2.45) is 0 Å². The number of ketones is 1. The van der Waals surface area contributed by atoms with Crippen LogP contribution in [-0.2, 0) is 0 Å². The highest BCUT2D eigenvalue weighted by molar-refractivity contribution is 6.07. The second kappa shape index (κ2) is 7.93. The average Bonchev–Trinajstić information content (AvgIpc) is 2.55. The van der Waals surface area contributed by atoms with Crippen LogP contribution in [-0.4, -0.2) is 42.8 Å². The Morgan fingerprint density at radius 3 is 2.43 bits per heavy atom. The van der Waals surface area contributed by atoms with E-state index in [1.54, 1.807) is 24.3 Å². The van der Waals surface area contributed by atoms with Gasteiger partial charge in [-0.3, -0.25) is 9.59 Å². The number of carbonyl (C=O) groups is 2. The van der Waals surface area contributed by atoms with Gasteiger partial charge in [-0.25, -0.2) is 0 Å². The number of Topliss-reactive ketones (excluding diaryl/α,β-unsaturated/α-hetero) is 1. The van der Waals surface area contributed by atoms with Gasteiger partial charge in [0.15, 0.2) is 5.78 Å². The molecule has 0 aromatic heterocycles. The van der Waals surface area contributed by atoms with Crippen molar-refractivity contribution < 1.29 is 9.59 Å². The second-order valence-electron chi connectivity index (χ2n) is 5.48. The van der Waals surface area contributed by atoms with E-state index < -0.39 is 0 Å². The second-order valence-corrected chi connectivity index (χ2v) is 5.48. The number of piperidine rings is 1. The molecule has 0 radical (unpaired) electrons. The Morgan fingerprint density at radius 1 is 1.10 bits per heavy atom. The molecule has 4 nitrogen and oxygen atoms in total. The number of benzene rings is 1. The van der Waals surface area contributed by atoms with E-state index in [1.807, 2.05) is 6.92 Å². The Bertz CT molecular complexity index is 493. The maximum atomic E-state index is 12.2. The van der Waals surface area contributed by atoms with E-state index in [-0.39, 0.29) is 11.7 Å². The standard InChI is InChI=1S/C17H24N2O2/c1-2-16(20)14-8-4-5-9-15(14)17(21)18-10-13-19-11-6-3-7-12-19/h4-5,8-9H,2-3,6-7,10-13H2,1H3,(H,18,21). The molecule has 1 aromatic rings. The predicted molar refractivity (Wildman–Crippen MR) is 83.7 cm³/mol. The van der Waals surface area contributed by atoms with Crippen molar-refractivity contribution in [2.75, 3.05) is 26.2 Å². The van der Waals surface area contributed by atoms with E-state index in [2.05, 4.69) is 10.2 Å². The quantitative estimate of drug-likeness (QED) is 0.818. The molecule has 0 bridgehead atoms. The number of carbonyl (C=O) groups excluding carboxylic acids is 2. The number of amides is 1. The van der Waals surface area contributed by atoms with Crippen molar-refractivity contribution in [1.29, 1.82) is 0 Å². The van der Waals surface area contributed by atoms with Crippen LogP contribution in [0.4, 0.5) is 0 Å². The molecule has 0 aliphatic carbocycles. The molecule has 0 saturated carbocycles. The minimum atomic E-state index is -0.149. The Kier molecular flexibility index (Phi) is 5.93. The van der Waals surface area contributed by atoms with Crippen molar-refractivity contribution in [2.45, 2.75) is 32.6 Å². The van der Waals surface area contributed by atoms with Gasteiger partial charge in [0.1, 0.15) is 0 Å². The molecule has 114 valence electrons. The van der Waals surface area contributed by atoms with Crippen LogP contribution in [0.25, 0.3) is 0 Å². The van der Waals surface area contributed by atoms with E-state index in [1.165, 1.54) is 19.3 Å². The minimum absolute atomic E-state index is 0.0109. The topological polar surface area (TPSA) is 49.4 Å². The molecule has 0 atom stereocenters. The monoisotopic (exact) mass is 288 g/mol. The van der Waals surface area contributed by atoms with Crippen LogP contribution in [0.2, 0.25) is 0 Å². The molecule has 2 rings (SSSR count). The molecular weight excluding hydrogens is 264 g/mol. The van der Waals surface area contributed by atoms with Crippen LogP contribution in [0.3, 0.4) is 0 Å². The van der Waals surface area contributed by atoms with Gasteiger partial charge in [-0.05, 0) is 32.0 Å². The number of hydrogen-bond acceptors (Lipinski definition) is 3. The van der Waals surface area contributed by atoms with Gasteiger partial charge in [0.25, 0.3) is 5.91 Å². The molecule has 4 heteroatoms. The fourth-order valence-corrected chi connectivity index (χ4v) is 2.72. The summed E-state index contributed by atoms with van der Waals surface area (Å²) in [6.07, 6.45) is 4.23. The molecular formula is C17H24N2O2. The van der Waals surface area contributed by atoms with Gasteiger partial charge in [0.05, 0.1) is 5.56 Å². The zero-order valence-electron chi connectivity index (χ0n) is 12.7. The normalized spacial score (nSPS) is 15.7. The lowest BCUT2D eigenvalue weighted by molar-refractivity contribution is 0.0928. The molecule has 1 saturated heterocycles. The summed E-state index contributed by atoms with van der Waals surface area (Å²) >= 11 is 0. The lowest BCUT2D eigenvalue weighted by atomic mass is 10.0. The van der Waals surface area contributed by atoms with E-state index in [9.17, 15) is 9.59 Å². The van der Waals surface area contributed by atoms with Crippen LogP contribution >= 0.6 is 0 Å². The van der Waals surface area contributed by atoms with Crippen molar-refractivity contribution in [3.05, 3.63) is 35.4 Å². The van der Waals surface area contributed by atoms with Crippen LogP contribution in [0.5, 0.6) is 0 Å². The average molecular weight is 288 g/mol. The summed E-state index contributed by atoms with van der Waals surface area (Å²) in [6, 6.07) is 7.05. The smallest absolute Gasteiger partial charge is 0.252 e. The van der Waals surface area contributed by atoms with Gasteiger partial charge >= 0.3 is 0 Å². The van der Waals surface area contributed by atoms with Crippen LogP contribution < -0.4 is 5.32 Å². The molecule has 0 unspecified atom stereocenters. The Hall–Kier alpha value is -1.68. The maximum Gasteiger partial charge on any atom is 0.252 e. The van der Waals surface area contributed by atoms with Gasteiger partial charge in [0.2, 0.25) is 0 Å². The molecule has 1 aliphatic rings. The van der Waals surface area contributed by atoms with E-state index in [0.29, 0.717) is 24.1 Å². The van der Waals surface area contributed by atoms with Crippen LogP contribution in [0.1, 0.15) is 53.3 Å². The number of nitrogens with zero attached hydrogens (tertiary/aromatic N) is 1. The zero-order valence-corrected chi connectivity index (χ0v) is 12.7. The van der Waals surface area contributed by atoms with E-state index in [4.69, 9.17) is 0 Å². The molecule has 1 aliphatic heterocycles. The maximum absolute atomic E-state index is 12.2. The first-order valence-corrected chi connectivity index (χ1v) is 7.85. The van der Waals surface area contributed by atoms with Gasteiger partial charge < -0.3 is 10.2 Å². The van der Waals surface area contributed by atoms with Crippen LogP contribution in [0.15, 0.2) is 24.3 Å². The van der Waals surface area contributed by atoms with Crippen molar-refractivity contribution in [1.82, 2.24) is 10.2 Å². The summed E-state index contributed by atoms with van der Waals surface area (Å²) in [7, 11) is 0. The third-order valence-electron chi connectivity index (χ3n) is 3.96. The summed E-state index contributed by atoms with van der Waals surface area (Å²) < 4.78 is 0. The van der Waals surface area contributed by atoms with Crippen molar-refractivity contribution >= 4 is 11.7 Å². The lowest BCUT2D eigenvalue weighted by Gasteiger charge is -2.26. The fraction of sp³-hybridized carbons (Fsp3) is 0.529. The number of rotatable bonds is 6. The van der Waals surface area contributed by atoms with Crippen molar-refractivity contribution in [3.63, 3.8) is 0 Å². The third-order valence-corrected chi connectivity index (χ3v) is 3.96. The minimum Gasteiger partial charge on any atom is -0.351 e. The Morgan fingerprint density at radius 2 is 1.76 bits per heavy atom. The fourth-order valence-electron chi connectivity index (χ4n) is 2.72. The highest BCUT2D eigenvalue weighted by Gasteiger charge is 2.15. The molecule has 21 heavy (non-hydrogen) atoms. The lowest BCUT2D eigenvalue weighted by Crippen LogP contribution is -2.38. The largest absolute Gasteiger partial charge is 0.351 e. The molecule has 0 spiro atoms. The summed E-state index contributed by atoms with van der Waals surface area (Å²) in [6.45, 7) is 5.58. The van der Waals surface area contributed by atoms with E-state index in [0.717, 1.165) is 19.6 Å². The van der Waals surface area contributed by atoms with Crippen molar-refractivity contribution in [3.8, 4) is 0 Å². The Balaban J connectivity index is 1.89. The summed E-state index contributed by atoms with van der Waals surface area (Å²) in [5, 5.41) is 2.93. The van der Waals surface area contributed by atoms with Gasteiger partial charge in [-0.15, -0.1) is 0 Å². The van der Waals surface area contributed by atoms with E-state index >= 15 is 0 Å². The zero-order chi connectivity index (χ0) is 15.1. The molecule has 1 N–H and O–H groups in total. The SMILES string of the molecule is CCC(=O)c1ccccc1C(=O)NCCN1CCCCC1. The first-order chi connectivity index (χ1) is 10.2. The summed E-state index contributed by atoms with van der Waals surface area (Å²) in [4.78, 5) is 26.5. The molecule has 1 fully saturated rings. The molecule has 1 amide bonds. The highest BCUT2D eigenvalue weighted by Crippen LogP contribution is 2.11. The summed E-state index contributed by atoms with van der Waals surface area (Å²) in [5.41, 5.74) is 1.01. The summed E-state index contributed by atoms with van der Waals surface area (Å²) in [5.74, 6) is -0.138. The van der Waals surface area contributed by atoms with Gasteiger partial charge in [-0.2, -0.15) is 0 Å². The Labute approximate surface area is 126 Å². The predicted octanol–water partition coefficient (Wildman–Crippen LogP) is 2.50. The van der Waals surface area contributed by atoms with Crippen LogP contribution in [0, 0.1) is 0 Å². The number of nitrogens with one attached hydrogen (secondary N) is 1. The highest BCUT2D eigenvalue weighted by atomic mass is 16.2. The number of likely N-dealkylation sites (tertiary alicyclic amines) is 1. The first-order valence-electron chi connectivity index (χ1n) is 7.85. The molecule has 1 heterocycles. The van der Waals surface area contributed by atoms with Gasteiger partial charge in [-0.1, -0.05) is 31.5 Å². The van der Waals surface area contributed by atoms with Gasteiger partial charge in [0, 0.05) is 25.1 Å². The molecule has 1 aromatic carbocycles. The first kappa shape index (κ1) is 15.7. The third kappa shape index (κ3) is 4.39.